The summed E-state index contributed by atoms with van der Waals surface area (Å²) in [5.41, 5.74) is 1.61. The van der Waals surface area contributed by atoms with Gasteiger partial charge in [0.15, 0.2) is 0 Å². The highest BCUT2D eigenvalue weighted by atomic mass is 16.2. The van der Waals surface area contributed by atoms with E-state index in [1.165, 1.54) is 0 Å². The Kier molecular flexibility index (Phi) is 2.21. The van der Waals surface area contributed by atoms with Crippen molar-refractivity contribution in [2.75, 3.05) is 0 Å². The Bertz CT molecular complexity index is 405. The largest absolute Gasteiger partial charge is 0.353 e. The molecule has 2 heterocycles. The Morgan fingerprint density at radius 3 is 2.67 bits per heavy atom. The predicted molar refractivity (Wildman–Crippen MR) is 56.3 cm³/mol. The smallest absolute Gasteiger partial charge is 0.221 e. The van der Waals surface area contributed by atoms with Gasteiger partial charge in [0.25, 0.3) is 0 Å². The van der Waals surface area contributed by atoms with Crippen molar-refractivity contribution in [1.29, 1.82) is 0 Å². The van der Waals surface area contributed by atoms with E-state index in [-0.39, 0.29) is 17.4 Å². The summed E-state index contributed by atoms with van der Waals surface area (Å²) >= 11 is 0. The van der Waals surface area contributed by atoms with Gasteiger partial charge in [-0.05, 0) is 13.8 Å². The topological polar surface area (TPSA) is 54.9 Å². The van der Waals surface area contributed by atoms with Gasteiger partial charge >= 0.3 is 0 Å². The number of carbonyl (C=O) groups excluding carboxylic acids is 1. The van der Waals surface area contributed by atoms with Crippen molar-refractivity contribution in [3.8, 4) is 0 Å². The van der Waals surface area contributed by atoms with Crippen LogP contribution in [0.2, 0.25) is 0 Å². The SMILES string of the molecule is Cc1nccnc1C1(C)CC(=O)NC1C. The molecule has 4 heteroatoms. The second-order valence-electron chi connectivity index (χ2n) is 4.37. The summed E-state index contributed by atoms with van der Waals surface area (Å²) in [5, 5.41) is 2.93. The van der Waals surface area contributed by atoms with E-state index in [9.17, 15) is 4.79 Å². The van der Waals surface area contributed by atoms with E-state index < -0.39 is 0 Å². The average molecular weight is 205 g/mol. The van der Waals surface area contributed by atoms with Gasteiger partial charge in [0.05, 0.1) is 11.4 Å². The molecule has 4 nitrogen and oxygen atoms in total. The van der Waals surface area contributed by atoms with Crippen LogP contribution < -0.4 is 5.32 Å². The maximum Gasteiger partial charge on any atom is 0.221 e. The lowest BCUT2D eigenvalue weighted by atomic mass is 9.79. The van der Waals surface area contributed by atoms with E-state index in [0.29, 0.717) is 6.42 Å². The van der Waals surface area contributed by atoms with Crippen molar-refractivity contribution >= 4 is 5.91 Å². The molecule has 1 aliphatic rings. The number of hydrogen-bond donors (Lipinski definition) is 1. The average Bonchev–Trinajstić information content (AvgIpc) is 2.42. The molecule has 2 unspecified atom stereocenters. The van der Waals surface area contributed by atoms with E-state index in [0.717, 1.165) is 11.4 Å². The maximum absolute atomic E-state index is 11.4. The molecule has 1 aliphatic heterocycles. The zero-order valence-electron chi connectivity index (χ0n) is 9.24. The van der Waals surface area contributed by atoms with Crippen molar-refractivity contribution < 1.29 is 4.79 Å². The zero-order valence-corrected chi connectivity index (χ0v) is 9.24. The molecule has 0 aliphatic carbocycles. The van der Waals surface area contributed by atoms with E-state index in [4.69, 9.17) is 0 Å². The minimum Gasteiger partial charge on any atom is -0.353 e. The monoisotopic (exact) mass is 205 g/mol. The predicted octanol–water partition coefficient (Wildman–Crippen LogP) is 0.951. The zero-order chi connectivity index (χ0) is 11.1. The van der Waals surface area contributed by atoms with Crippen LogP contribution in [-0.4, -0.2) is 21.9 Å². The lowest BCUT2D eigenvalue weighted by molar-refractivity contribution is -0.119. The quantitative estimate of drug-likeness (QED) is 0.742. The van der Waals surface area contributed by atoms with Crippen LogP contribution in [0.5, 0.6) is 0 Å². The molecule has 1 aromatic rings. The highest BCUT2D eigenvalue weighted by molar-refractivity contribution is 5.81. The van der Waals surface area contributed by atoms with E-state index in [1.54, 1.807) is 12.4 Å². The summed E-state index contributed by atoms with van der Waals surface area (Å²) in [6, 6.07) is 0.111. The summed E-state index contributed by atoms with van der Waals surface area (Å²) < 4.78 is 0. The van der Waals surface area contributed by atoms with Gasteiger partial charge in [0.1, 0.15) is 0 Å². The number of amides is 1. The lowest BCUT2D eigenvalue weighted by Crippen LogP contribution is -2.37. The summed E-state index contributed by atoms with van der Waals surface area (Å²) in [5.74, 6) is 0.0926. The molecule has 80 valence electrons. The van der Waals surface area contributed by atoms with Gasteiger partial charge in [-0.15, -0.1) is 0 Å². The number of carbonyl (C=O) groups is 1. The first kappa shape index (κ1) is 10.1. The second kappa shape index (κ2) is 3.29. The molecule has 1 saturated heterocycles. The third kappa shape index (κ3) is 1.50. The highest BCUT2D eigenvalue weighted by Gasteiger charge is 2.43. The first-order valence-corrected chi connectivity index (χ1v) is 5.11. The molecule has 0 bridgehead atoms. The Labute approximate surface area is 89.1 Å². The van der Waals surface area contributed by atoms with Gasteiger partial charge in [0.2, 0.25) is 5.91 Å². The molecule has 1 N–H and O–H groups in total. The summed E-state index contributed by atoms with van der Waals surface area (Å²) in [7, 11) is 0. The van der Waals surface area contributed by atoms with Crippen LogP contribution in [0.3, 0.4) is 0 Å². The fourth-order valence-corrected chi connectivity index (χ4v) is 2.20. The third-order valence-electron chi connectivity index (χ3n) is 3.28. The first-order chi connectivity index (χ1) is 7.04. The fourth-order valence-electron chi connectivity index (χ4n) is 2.20. The molecule has 2 atom stereocenters. The molecule has 1 aromatic heterocycles. The number of rotatable bonds is 1. The van der Waals surface area contributed by atoms with Crippen LogP contribution in [0, 0.1) is 6.92 Å². The van der Waals surface area contributed by atoms with E-state index >= 15 is 0 Å². The molecular weight excluding hydrogens is 190 g/mol. The van der Waals surface area contributed by atoms with E-state index in [2.05, 4.69) is 22.2 Å². The summed E-state index contributed by atoms with van der Waals surface area (Å²) in [6.45, 7) is 6.01. The van der Waals surface area contributed by atoms with E-state index in [1.807, 2.05) is 13.8 Å². The van der Waals surface area contributed by atoms with Crippen molar-refractivity contribution in [1.82, 2.24) is 15.3 Å². The van der Waals surface area contributed by atoms with Gasteiger partial charge in [0, 0.05) is 30.3 Å². The minimum absolute atomic E-state index is 0.0926. The molecule has 1 fully saturated rings. The standard InChI is InChI=1S/C11H15N3O/c1-7-10(13-5-4-12-7)11(3)6-9(15)14-8(11)2/h4-5,8H,6H2,1-3H3,(H,14,15). The van der Waals surface area contributed by atoms with Crippen molar-refractivity contribution in [2.45, 2.75) is 38.6 Å². The molecule has 0 saturated carbocycles. The highest BCUT2D eigenvalue weighted by Crippen LogP contribution is 2.35. The first-order valence-electron chi connectivity index (χ1n) is 5.11. The Morgan fingerprint density at radius 2 is 2.13 bits per heavy atom. The fraction of sp³-hybridized carbons (Fsp3) is 0.545. The summed E-state index contributed by atoms with van der Waals surface area (Å²) in [4.78, 5) is 20.0. The normalized spacial score (nSPS) is 30.3. The van der Waals surface area contributed by atoms with Gasteiger partial charge in [-0.3, -0.25) is 14.8 Å². The molecule has 15 heavy (non-hydrogen) atoms. The molecular formula is C11H15N3O. The molecule has 0 spiro atoms. The number of aromatic nitrogens is 2. The van der Waals surface area contributed by atoms with Gasteiger partial charge < -0.3 is 5.32 Å². The molecule has 0 aromatic carbocycles. The van der Waals surface area contributed by atoms with Gasteiger partial charge in [-0.25, -0.2) is 0 Å². The van der Waals surface area contributed by atoms with Crippen LogP contribution in [-0.2, 0) is 10.2 Å². The number of nitrogens with zero attached hydrogens (tertiary/aromatic N) is 2. The molecule has 2 rings (SSSR count). The maximum atomic E-state index is 11.4. The van der Waals surface area contributed by atoms with Crippen molar-refractivity contribution in [3.63, 3.8) is 0 Å². The van der Waals surface area contributed by atoms with Gasteiger partial charge in [-0.1, -0.05) is 6.92 Å². The Balaban J connectivity index is 2.46. The van der Waals surface area contributed by atoms with Crippen LogP contribution in [0.1, 0.15) is 31.7 Å². The van der Waals surface area contributed by atoms with Crippen LogP contribution >= 0.6 is 0 Å². The number of hydrogen-bond acceptors (Lipinski definition) is 3. The Hall–Kier alpha value is -1.45. The van der Waals surface area contributed by atoms with Gasteiger partial charge in [-0.2, -0.15) is 0 Å². The Morgan fingerprint density at radius 1 is 1.47 bits per heavy atom. The van der Waals surface area contributed by atoms with Crippen LogP contribution in [0.25, 0.3) is 0 Å². The number of nitrogens with one attached hydrogen (secondary N) is 1. The molecule has 1 amide bonds. The molecule has 0 radical (unpaired) electrons. The van der Waals surface area contributed by atoms with Crippen molar-refractivity contribution in [2.24, 2.45) is 0 Å². The second-order valence-corrected chi connectivity index (χ2v) is 4.37. The van der Waals surface area contributed by atoms with Crippen molar-refractivity contribution in [3.05, 3.63) is 23.8 Å². The number of aryl methyl sites for hydroxylation is 1. The minimum atomic E-state index is -0.227. The third-order valence-corrected chi connectivity index (χ3v) is 3.28. The van der Waals surface area contributed by atoms with Crippen LogP contribution in [0.15, 0.2) is 12.4 Å². The summed E-state index contributed by atoms with van der Waals surface area (Å²) in [6.07, 6.45) is 3.86. The van der Waals surface area contributed by atoms with Crippen LogP contribution in [0.4, 0.5) is 0 Å². The lowest BCUT2D eigenvalue weighted by Gasteiger charge is -2.27.